The van der Waals surface area contributed by atoms with Crippen LogP contribution >= 0.6 is 0 Å². The molecule has 0 aliphatic carbocycles. The highest BCUT2D eigenvalue weighted by molar-refractivity contribution is 7.86. The molecule has 0 atom stereocenters. The fourth-order valence-corrected chi connectivity index (χ4v) is 4.12. The number of rotatable bonds is 8. The molecule has 11 heteroatoms. The molecule has 2 aromatic carbocycles. The Hall–Kier alpha value is -2.18. The third-order valence-electron chi connectivity index (χ3n) is 4.29. The van der Waals surface area contributed by atoms with Crippen LogP contribution in [0.5, 0.6) is 11.5 Å². The maximum absolute atomic E-state index is 11.7. The molecule has 0 radical (unpaired) electrons. The first kappa shape index (κ1) is 23.1. The van der Waals surface area contributed by atoms with Gasteiger partial charge in [-0.1, -0.05) is 6.92 Å². The number of phenolic OH excluding ortho intramolecular Hbond substituents is 1. The highest BCUT2D eigenvalue weighted by Gasteiger charge is 2.21. The quantitative estimate of drug-likeness (QED) is 0.442. The minimum absolute atomic E-state index is 0.119. The molecule has 0 aliphatic heterocycles. The summed E-state index contributed by atoms with van der Waals surface area (Å²) in [5, 5.41) is 10.4. The van der Waals surface area contributed by atoms with Crippen LogP contribution in [-0.4, -0.2) is 44.2 Å². The summed E-state index contributed by atoms with van der Waals surface area (Å²) in [7, 11) is -9.04. The van der Waals surface area contributed by atoms with Crippen LogP contribution in [0.25, 0.3) is 0 Å². The van der Waals surface area contributed by atoms with Gasteiger partial charge < -0.3 is 15.6 Å². The molecule has 0 amide bonds. The van der Waals surface area contributed by atoms with Crippen molar-refractivity contribution in [1.82, 2.24) is 0 Å². The summed E-state index contributed by atoms with van der Waals surface area (Å²) in [5.74, 6) is 0.122. The molecule has 5 N–H and O–H groups in total. The van der Waals surface area contributed by atoms with Gasteiger partial charge >= 0.3 is 0 Å². The monoisotopic (exact) mass is 445 g/mol. The summed E-state index contributed by atoms with van der Waals surface area (Å²) >= 11 is 0. The van der Waals surface area contributed by atoms with E-state index >= 15 is 0 Å². The predicted molar refractivity (Wildman–Crippen MR) is 106 cm³/mol. The molecule has 0 bridgehead atoms. The number of aryl methyl sites for hydroxylation is 2. The zero-order chi connectivity index (χ0) is 22.0. The summed E-state index contributed by atoms with van der Waals surface area (Å²) < 4.78 is 70.8. The molecule has 0 heterocycles. The Kier molecular flexibility index (Phi) is 6.91. The molecule has 160 valence electrons. The van der Waals surface area contributed by atoms with Crippen molar-refractivity contribution >= 4 is 20.2 Å². The van der Waals surface area contributed by atoms with Gasteiger partial charge in [0.1, 0.15) is 18.1 Å². The minimum atomic E-state index is -4.52. The fourth-order valence-electron chi connectivity index (χ4n) is 2.92. The molecule has 29 heavy (non-hydrogen) atoms. The lowest BCUT2D eigenvalue weighted by molar-refractivity contribution is 0.321. The van der Waals surface area contributed by atoms with Crippen molar-refractivity contribution in [3.8, 4) is 11.5 Å². The van der Waals surface area contributed by atoms with E-state index in [1.807, 2.05) is 0 Å². The maximum atomic E-state index is 11.7. The van der Waals surface area contributed by atoms with E-state index < -0.39 is 25.1 Å². The Morgan fingerprint density at radius 1 is 0.931 bits per heavy atom. The maximum Gasteiger partial charge on any atom is 0.294 e. The van der Waals surface area contributed by atoms with Crippen LogP contribution in [0.15, 0.2) is 34.1 Å². The molecule has 0 unspecified atom stereocenters. The zero-order valence-electron chi connectivity index (χ0n) is 15.9. The molecule has 0 saturated heterocycles. The topological polar surface area (TPSA) is 164 Å². The van der Waals surface area contributed by atoms with Gasteiger partial charge in [-0.25, -0.2) is 0 Å². The van der Waals surface area contributed by atoms with Crippen molar-refractivity contribution in [3.63, 3.8) is 0 Å². The summed E-state index contributed by atoms with van der Waals surface area (Å²) in [6, 6.07) is 4.68. The second kappa shape index (κ2) is 8.67. The van der Waals surface area contributed by atoms with Crippen LogP contribution in [0.4, 0.5) is 0 Å². The lowest BCUT2D eigenvalue weighted by Gasteiger charge is -2.18. The van der Waals surface area contributed by atoms with Crippen LogP contribution in [0, 0.1) is 6.92 Å². The average Bonchev–Trinajstić information content (AvgIpc) is 2.61. The Morgan fingerprint density at radius 2 is 1.45 bits per heavy atom. The van der Waals surface area contributed by atoms with E-state index in [0.29, 0.717) is 23.3 Å². The Morgan fingerprint density at radius 3 is 1.97 bits per heavy atom. The van der Waals surface area contributed by atoms with Crippen LogP contribution < -0.4 is 10.5 Å². The van der Waals surface area contributed by atoms with E-state index in [9.17, 15) is 31.0 Å². The molecular weight excluding hydrogens is 422 g/mol. The number of aromatic hydroxyl groups is 1. The largest absolute Gasteiger partial charge is 0.507 e. The molecule has 2 rings (SSSR count). The number of nitrogens with two attached hydrogens (primary N) is 1. The van der Waals surface area contributed by atoms with Crippen molar-refractivity contribution in [2.75, 3.05) is 13.2 Å². The van der Waals surface area contributed by atoms with E-state index in [0.717, 1.165) is 12.1 Å². The van der Waals surface area contributed by atoms with Gasteiger partial charge in [0, 0.05) is 24.1 Å². The number of phenols is 1. The SMILES string of the molecule is CCc1cc(S(=O)(=O)O)cc(Cc2cc(S(=O)(=O)O)cc(C)c2O)c1OCCN. The average molecular weight is 446 g/mol. The summed E-state index contributed by atoms with van der Waals surface area (Å²) in [6.07, 6.45) is 0.263. The fraction of sp³-hybridized carbons (Fsp3) is 0.333. The van der Waals surface area contributed by atoms with Crippen LogP contribution in [0.1, 0.15) is 29.2 Å². The van der Waals surface area contributed by atoms with E-state index in [1.165, 1.54) is 19.1 Å². The summed E-state index contributed by atoms with van der Waals surface area (Å²) in [5.41, 5.74) is 6.62. The van der Waals surface area contributed by atoms with Gasteiger partial charge in [-0.05, 0) is 48.7 Å². The van der Waals surface area contributed by atoms with Crippen LogP contribution in [0.2, 0.25) is 0 Å². The highest BCUT2D eigenvalue weighted by Crippen LogP contribution is 2.34. The van der Waals surface area contributed by atoms with E-state index in [1.54, 1.807) is 6.92 Å². The summed E-state index contributed by atoms with van der Waals surface area (Å²) in [4.78, 5) is -0.763. The lowest BCUT2D eigenvalue weighted by Crippen LogP contribution is -2.14. The van der Waals surface area contributed by atoms with Crippen molar-refractivity contribution in [1.29, 1.82) is 0 Å². The van der Waals surface area contributed by atoms with Crippen molar-refractivity contribution in [2.24, 2.45) is 5.73 Å². The third-order valence-corrected chi connectivity index (χ3v) is 5.95. The van der Waals surface area contributed by atoms with Crippen molar-refractivity contribution in [3.05, 3.63) is 46.5 Å². The zero-order valence-corrected chi connectivity index (χ0v) is 17.5. The summed E-state index contributed by atoms with van der Waals surface area (Å²) in [6.45, 7) is 3.57. The smallest absolute Gasteiger partial charge is 0.294 e. The number of ether oxygens (including phenoxy) is 1. The van der Waals surface area contributed by atoms with E-state index in [-0.39, 0.29) is 41.3 Å². The van der Waals surface area contributed by atoms with Crippen molar-refractivity contribution in [2.45, 2.75) is 36.5 Å². The van der Waals surface area contributed by atoms with Gasteiger partial charge in [0.25, 0.3) is 20.2 Å². The first-order valence-corrected chi connectivity index (χ1v) is 11.5. The lowest BCUT2D eigenvalue weighted by atomic mass is 9.98. The van der Waals surface area contributed by atoms with Gasteiger partial charge in [0.05, 0.1) is 9.79 Å². The second-order valence-corrected chi connectivity index (χ2v) is 9.28. The Labute approximate surface area is 169 Å². The van der Waals surface area contributed by atoms with Gasteiger partial charge in [-0.2, -0.15) is 16.8 Å². The van der Waals surface area contributed by atoms with Gasteiger partial charge in [0.2, 0.25) is 0 Å². The molecule has 0 fully saturated rings. The predicted octanol–water partition coefficient (Wildman–Crippen LogP) is 1.68. The molecule has 0 aromatic heterocycles. The number of hydrogen-bond acceptors (Lipinski definition) is 7. The second-order valence-electron chi connectivity index (χ2n) is 6.44. The van der Waals surface area contributed by atoms with Gasteiger partial charge in [0.15, 0.2) is 0 Å². The normalized spacial score (nSPS) is 12.2. The number of hydrogen-bond donors (Lipinski definition) is 4. The van der Waals surface area contributed by atoms with Gasteiger partial charge in [-0.3, -0.25) is 9.11 Å². The highest BCUT2D eigenvalue weighted by atomic mass is 32.2. The Bertz CT molecular complexity index is 1130. The molecule has 0 aliphatic rings. The van der Waals surface area contributed by atoms with Crippen LogP contribution in [0.3, 0.4) is 0 Å². The van der Waals surface area contributed by atoms with Crippen molar-refractivity contribution < 1.29 is 35.8 Å². The first-order chi connectivity index (χ1) is 13.4. The molecule has 9 nitrogen and oxygen atoms in total. The standard InChI is InChI=1S/C18H23NO8S2/c1-3-12-8-16(29(24,25)26)10-14(18(12)27-5-4-19)7-13-9-15(28(21,22)23)6-11(2)17(13)20/h6,8-10,20H,3-5,7,19H2,1-2H3,(H,21,22,23)(H,24,25,26). The Balaban J connectivity index is 2.72. The molecule has 0 saturated carbocycles. The molecular formula is C18H23NO8S2. The molecule has 0 spiro atoms. The third kappa shape index (κ3) is 5.46. The molecule has 2 aromatic rings. The number of benzene rings is 2. The minimum Gasteiger partial charge on any atom is -0.507 e. The van der Waals surface area contributed by atoms with E-state index in [2.05, 4.69) is 0 Å². The van der Waals surface area contributed by atoms with Crippen LogP contribution in [-0.2, 0) is 33.1 Å². The van der Waals surface area contributed by atoms with Gasteiger partial charge in [-0.15, -0.1) is 0 Å². The first-order valence-electron chi connectivity index (χ1n) is 8.64. The van der Waals surface area contributed by atoms with E-state index in [4.69, 9.17) is 10.5 Å².